The molecule has 0 saturated carbocycles. The first kappa shape index (κ1) is 16.9. The van der Waals surface area contributed by atoms with Crippen LogP contribution >= 0.6 is 0 Å². The molecule has 2 aliphatic heterocycles. The number of aromatic nitrogens is 3. The summed E-state index contributed by atoms with van der Waals surface area (Å²) in [6, 6.07) is 8.57. The van der Waals surface area contributed by atoms with E-state index in [-0.39, 0.29) is 0 Å². The molecule has 1 fully saturated rings. The highest BCUT2D eigenvalue weighted by Gasteiger charge is 2.37. The fourth-order valence-corrected chi connectivity index (χ4v) is 4.94. The molecule has 0 radical (unpaired) electrons. The normalized spacial score (nSPS) is 21.8. The third kappa shape index (κ3) is 2.68. The third-order valence-electron chi connectivity index (χ3n) is 6.28. The second kappa shape index (κ2) is 6.14. The summed E-state index contributed by atoms with van der Waals surface area (Å²) in [5.74, 6) is 0. The quantitative estimate of drug-likeness (QED) is 0.776. The Bertz CT molecular complexity index is 992. The summed E-state index contributed by atoms with van der Waals surface area (Å²) in [5.41, 5.74) is 5.95. The Balaban J connectivity index is 1.67. The van der Waals surface area contributed by atoms with Gasteiger partial charge in [-0.2, -0.15) is 0 Å². The minimum atomic E-state index is -0.980. The number of hydrogen-bond donors (Lipinski definition) is 1. The smallest absolute Gasteiger partial charge is 0.106 e. The summed E-state index contributed by atoms with van der Waals surface area (Å²) in [6.07, 6.45) is 6.99. The molecule has 1 saturated heterocycles. The first-order valence-corrected chi connectivity index (χ1v) is 9.90. The van der Waals surface area contributed by atoms with E-state index < -0.39 is 5.60 Å². The van der Waals surface area contributed by atoms with Gasteiger partial charge in [-0.1, -0.05) is 6.07 Å². The van der Waals surface area contributed by atoms with Gasteiger partial charge in [0.2, 0.25) is 0 Å². The molecular formula is C22H26N4O. The van der Waals surface area contributed by atoms with E-state index in [0.29, 0.717) is 12.6 Å². The summed E-state index contributed by atoms with van der Waals surface area (Å²) < 4.78 is 2.32. The molecule has 5 nitrogen and oxygen atoms in total. The molecule has 2 unspecified atom stereocenters. The molecule has 2 aliphatic rings. The Kier molecular flexibility index (Phi) is 3.85. The van der Waals surface area contributed by atoms with Crippen LogP contribution in [-0.2, 0) is 18.6 Å². The van der Waals surface area contributed by atoms with Crippen molar-refractivity contribution in [1.82, 2.24) is 19.4 Å². The molecular weight excluding hydrogens is 336 g/mol. The Hall–Kier alpha value is -2.24. The van der Waals surface area contributed by atoms with Crippen LogP contribution in [0.15, 0.2) is 36.7 Å². The van der Waals surface area contributed by atoms with Crippen LogP contribution in [0.3, 0.4) is 0 Å². The highest BCUT2D eigenvalue weighted by atomic mass is 16.3. The Morgan fingerprint density at radius 3 is 2.96 bits per heavy atom. The van der Waals surface area contributed by atoms with E-state index in [2.05, 4.69) is 33.5 Å². The number of pyridine rings is 2. The van der Waals surface area contributed by atoms with E-state index in [1.165, 1.54) is 30.6 Å². The van der Waals surface area contributed by atoms with E-state index in [9.17, 15) is 5.11 Å². The predicted molar refractivity (Wildman–Crippen MR) is 106 cm³/mol. The van der Waals surface area contributed by atoms with E-state index in [0.717, 1.165) is 35.3 Å². The molecule has 0 spiro atoms. The van der Waals surface area contributed by atoms with Crippen molar-refractivity contribution in [3.63, 3.8) is 0 Å². The standard InChI is InChI=1S/C22H26N4O/c1-15-7-8-19-21(24-15)20-17-6-4-11-25(17)12-9-18(20)26(19)14-22(2,27)16-5-3-10-23-13-16/h3,5,7-8,10,13,17,27H,4,6,9,11-12,14H2,1-2H3. The van der Waals surface area contributed by atoms with Crippen LogP contribution in [0, 0.1) is 6.92 Å². The van der Waals surface area contributed by atoms with Crippen molar-refractivity contribution in [1.29, 1.82) is 0 Å². The van der Waals surface area contributed by atoms with Gasteiger partial charge in [0, 0.05) is 53.9 Å². The maximum absolute atomic E-state index is 11.3. The van der Waals surface area contributed by atoms with Crippen LogP contribution in [0.25, 0.3) is 11.0 Å². The third-order valence-corrected chi connectivity index (χ3v) is 6.28. The van der Waals surface area contributed by atoms with Crippen LogP contribution < -0.4 is 0 Å². The molecule has 1 N–H and O–H groups in total. The first-order valence-electron chi connectivity index (χ1n) is 9.90. The number of fused-ring (bicyclic) bond motifs is 5. The minimum Gasteiger partial charge on any atom is -0.384 e. The first-order chi connectivity index (χ1) is 13.0. The maximum Gasteiger partial charge on any atom is 0.106 e. The average Bonchev–Trinajstić information content (AvgIpc) is 3.25. The molecule has 2 atom stereocenters. The van der Waals surface area contributed by atoms with Crippen LogP contribution in [0.5, 0.6) is 0 Å². The van der Waals surface area contributed by atoms with E-state index in [1.807, 2.05) is 19.1 Å². The topological polar surface area (TPSA) is 54.2 Å². The monoisotopic (exact) mass is 362 g/mol. The van der Waals surface area contributed by atoms with Crippen LogP contribution in [0.2, 0.25) is 0 Å². The molecule has 27 heavy (non-hydrogen) atoms. The maximum atomic E-state index is 11.3. The van der Waals surface area contributed by atoms with Gasteiger partial charge in [-0.3, -0.25) is 14.9 Å². The summed E-state index contributed by atoms with van der Waals surface area (Å²) in [4.78, 5) is 11.7. The van der Waals surface area contributed by atoms with Gasteiger partial charge < -0.3 is 9.67 Å². The summed E-state index contributed by atoms with van der Waals surface area (Å²) in [6.45, 7) is 6.75. The van der Waals surface area contributed by atoms with Crippen molar-refractivity contribution in [3.8, 4) is 0 Å². The van der Waals surface area contributed by atoms with Crippen molar-refractivity contribution < 1.29 is 5.11 Å². The summed E-state index contributed by atoms with van der Waals surface area (Å²) in [5, 5.41) is 11.3. The van der Waals surface area contributed by atoms with Gasteiger partial charge >= 0.3 is 0 Å². The van der Waals surface area contributed by atoms with Gasteiger partial charge in [0.05, 0.1) is 17.6 Å². The van der Waals surface area contributed by atoms with Crippen molar-refractivity contribution >= 4 is 11.0 Å². The molecule has 0 bridgehead atoms. The zero-order chi connectivity index (χ0) is 18.6. The number of hydrogen-bond acceptors (Lipinski definition) is 4. The van der Waals surface area contributed by atoms with Gasteiger partial charge in [-0.25, -0.2) is 0 Å². The molecule has 3 aromatic rings. The molecule has 140 valence electrons. The SMILES string of the molecule is Cc1ccc2c(n1)c1c(n2CC(C)(O)c2cccnc2)CCN2CCCC12. The lowest BCUT2D eigenvalue weighted by molar-refractivity contribution is 0.0380. The predicted octanol–water partition coefficient (Wildman–Crippen LogP) is 3.34. The molecule has 5 rings (SSSR count). The zero-order valence-electron chi connectivity index (χ0n) is 16.0. The van der Waals surface area contributed by atoms with Crippen LogP contribution in [0.1, 0.15) is 48.3 Å². The van der Waals surface area contributed by atoms with Crippen molar-refractivity contribution in [2.45, 2.75) is 51.3 Å². The van der Waals surface area contributed by atoms with E-state index in [4.69, 9.17) is 4.98 Å². The Morgan fingerprint density at radius 1 is 1.26 bits per heavy atom. The summed E-state index contributed by atoms with van der Waals surface area (Å²) >= 11 is 0. The minimum absolute atomic E-state index is 0.482. The van der Waals surface area contributed by atoms with E-state index >= 15 is 0 Å². The van der Waals surface area contributed by atoms with Crippen LogP contribution in [-0.4, -0.2) is 37.6 Å². The lowest BCUT2D eigenvalue weighted by Gasteiger charge is -2.32. The molecule has 0 amide bonds. The van der Waals surface area contributed by atoms with Gasteiger partial charge in [-0.15, -0.1) is 0 Å². The molecule has 5 heteroatoms. The number of rotatable bonds is 3. The fourth-order valence-electron chi connectivity index (χ4n) is 4.94. The second-order valence-electron chi connectivity index (χ2n) is 8.23. The molecule has 0 aliphatic carbocycles. The lowest BCUT2D eigenvalue weighted by Crippen LogP contribution is -2.33. The Morgan fingerprint density at radius 2 is 2.15 bits per heavy atom. The summed E-state index contributed by atoms with van der Waals surface area (Å²) in [7, 11) is 0. The van der Waals surface area contributed by atoms with Gasteiger partial charge in [0.1, 0.15) is 5.60 Å². The van der Waals surface area contributed by atoms with Gasteiger partial charge in [-0.05, 0) is 51.4 Å². The molecule has 0 aromatic carbocycles. The lowest BCUT2D eigenvalue weighted by atomic mass is 9.96. The second-order valence-corrected chi connectivity index (χ2v) is 8.23. The largest absolute Gasteiger partial charge is 0.384 e. The van der Waals surface area contributed by atoms with Crippen molar-refractivity contribution in [2.24, 2.45) is 0 Å². The average molecular weight is 362 g/mol. The Labute approximate surface area is 159 Å². The van der Waals surface area contributed by atoms with Crippen LogP contribution in [0.4, 0.5) is 0 Å². The van der Waals surface area contributed by atoms with Crippen molar-refractivity contribution in [3.05, 3.63) is 59.2 Å². The number of aryl methyl sites for hydroxylation is 1. The fraction of sp³-hybridized carbons (Fsp3) is 0.455. The number of nitrogens with zero attached hydrogens (tertiary/aromatic N) is 4. The van der Waals surface area contributed by atoms with Gasteiger partial charge in [0.25, 0.3) is 0 Å². The van der Waals surface area contributed by atoms with E-state index in [1.54, 1.807) is 12.4 Å². The highest BCUT2D eigenvalue weighted by molar-refractivity contribution is 5.83. The highest BCUT2D eigenvalue weighted by Crippen LogP contribution is 2.43. The van der Waals surface area contributed by atoms with Crippen molar-refractivity contribution in [2.75, 3.05) is 13.1 Å². The van der Waals surface area contributed by atoms with Gasteiger partial charge in [0.15, 0.2) is 0 Å². The number of aliphatic hydroxyl groups is 1. The molecule has 5 heterocycles. The molecule has 3 aromatic heterocycles. The zero-order valence-corrected chi connectivity index (χ0v) is 16.0.